The van der Waals surface area contributed by atoms with Gasteiger partial charge in [-0.3, -0.25) is 0 Å². The SMILES string of the molecule is C1=CC2=C(CC1)C(c1ccccc1)(c1ccccc1)c1cc(N(c3ccccc3)c3ccc(-c4ccc(N(c5ccccc5)c5ccc6c(c5)C(c5ccccc5)(c5ccccc5)c5ccccc5-6)c5ccccc45)cc3)ccc12. The van der Waals surface area contributed by atoms with Crippen LogP contribution in [-0.2, 0) is 10.8 Å². The summed E-state index contributed by atoms with van der Waals surface area (Å²) in [5.41, 5.74) is 23.7. The highest BCUT2D eigenvalue weighted by molar-refractivity contribution is 6.07. The van der Waals surface area contributed by atoms with Crippen molar-refractivity contribution in [2.24, 2.45) is 0 Å². The van der Waals surface area contributed by atoms with Crippen molar-refractivity contribution in [2.75, 3.05) is 9.80 Å². The minimum Gasteiger partial charge on any atom is -0.310 e. The molecule has 15 rings (SSSR count). The molecule has 0 atom stereocenters. The summed E-state index contributed by atoms with van der Waals surface area (Å²) >= 11 is 0. The zero-order valence-corrected chi connectivity index (χ0v) is 44.3. The van der Waals surface area contributed by atoms with Gasteiger partial charge in [0, 0.05) is 33.8 Å². The highest BCUT2D eigenvalue weighted by Gasteiger charge is 2.48. The number of benzene rings is 12. The number of para-hydroxylation sites is 2. The van der Waals surface area contributed by atoms with Crippen molar-refractivity contribution in [3.63, 3.8) is 0 Å². The van der Waals surface area contributed by atoms with Gasteiger partial charge in [0.1, 0.15) is 0 Å². The standard InChI is InChI=1S/C78H56N2/c1-7-25-56(26-8-1)77(57-27-9-2-10-28-57)72-41-23-21-38-67(72)69-49-47-63(53-74(69)77)79(60-33-15-5-16-34-60)62-45-43-55(44-46-62)65-51-52-76(71-40-20-19-37-66(65)71)80(61-35-17-6-18-36-61)64-48-50-70-68-39-22-24-42-73(68)78(75(70)54-64,58-29-11-3-12-30-58)59-31-13-4-14-32-59/h1-22,24-40,42-54H,23,41H2. The first kappa shape index (κ1) is 47.2. The number of rotatable bonds is 11. The molecule has 2 nitrogen and oxygen atoms in total. The minimum absolute atomic E-state index is 0.426. The Morgan fingerprint density at radius 3 is 1.31 bits per heavy atom. The molecule has 12 aromatic carbocycles. The quantitative estimate of drug-likeness (QED) is 0.127. The van der Waals surface area contributed by atoms with Gasteiger partial charge in [-0.2, -0.15) is 0 Å². The molecular weight excluding hydrogens is 965 g/mol. The fourth-order valence-corrected chi connectivity index (χ4v) is 14.0. The number of allylic oxidation sites excluding steroid dienone is 4. The second-order valence-corrected chi connectivity index (χ2v) is 21.4. The maximum atomic E-state index is 2.48. The molecule has 3 aliphatic rings. The molecule has 0 unspecified atom stereocenters. The van der Waals surface area contributed by atoms with Gasteiger partial charge in [0.25, 0.3) is 0 Å². The minimum atomic E-state index is -0.523. The van der Waals surface area contributed by atoms with E-state index in [1.54, 1.807) is 0 Å². The largest absolute Gasteiger partial charge is 0.310 e. The number of hydrogen-bond donors (Lipinski definition) is 0. The summed E-state index contributed by atoms with van der Waals surface area (Å²) in [7, 11) is 0. The Kier molecular flexibility index (Phi) is 11.5. The number of fused-ring (bicyclic) bond motifs is 6. The maximum absolute atomic E-state index is 2.48. The third kappa shape index (κ3) is 7.33. The van der Waals surface area contributed by atoms with Crippen LogP contribution in [0.2, 0.25) is 0 Å². The molecule has 0 radical (unpaired) electrons. The van der Waals surface area contributed by atoms with Gasteiger partial charge < -0.3 is 9.80 Å². The molecule has 0 amide bonds. The van der Waals surface area contributed by atoms with Gasteiger partial charge in [-0.15, -0.1) is 0 Å². The average Bonchev–Trinajstić information content (AvgIpc) is 4.19. The molecule has 0 saturated heterocycles. The van der Waals surface area contributed by atoms with Gasteiger partial charge in [-0.1, -0.05) is 249 Å². The molecule has 12 aromatic rings. The van der Waals surface area contributed by atoms with Crippen LogP contribution in [0, 0.1) is 0 Å². The summed E-state index contributed by atoms with van der Waals surface area (Å²) in [5.74, 6) is 0. The van der Waals surface area contributed by atoms with E-state index in [0.717, 1.165) is 52.5 Å². The first-order valence-corrected chi connectivity index (χ1v) is 28.1. The van der Waals surface area contributed by atoms with E-state index >= 15 is 0 Å². The van der Waals surface area contributed by atoms with Crippen LogP contribution in [0.1, 0.15) is 57.3 Å². The van der Waals surface area contributed by atoms with Gasteiger partial charge in [0.2, 0.25) is 0 Å². The zero-order chi connectivity index (χ0) is 53.0. The fraction of sp³-hybridized carbons (Fsp3) is 0.0513. The molecule has 378 valence electrons. The van der Waals surface area contributed by atoms with Crippen LogP contribution in [0.25, 0.3) is 38.6 Å². The molecule has 0 spiro atoms. The van der Waals surface area contributed by atoms with Crippen molar-refractivity contribution >= 4 is 50.5 Å². The van der Waals surface area contributed by atoms with E-state index in [1.807, 2.05) is 0 Å². The van der Waals surface area contributed by atoms with Crippen LogP contribution in [0.5, 0.6) is 0 Å². The molecule has 3 aliphatic carbocycles. The molecule has 80 heavy (non-hydrogen) atoms. The van der Waals surface area contributed by atoms with E-state index in [-0.39, 0.29) is 0 Å². The summed E-state index contributed by atoms with van der Waals surface area (Å²) < 4.78 is 0. The Morgan fingerprint density at radius 1 is 0.287 bits per heavy atom. The highest BCUT2D eigenvalue weighted by Crippen LogP contribution is 2.60. The lowest BCUT2D eigenvalue weighted by molar-refractivity contribution is 0.696. The molecule has 0 bridgehead atoms. The van der Waals surface area contributed by atoms with Crippen LogP contribution in [0.3, 0.4) is 0 Å². The number of nitrogens with zero attached hydrogens (tertiary/aromatic N) is 2. The highest BCUT2D eigenvalue weighted by atomic mass is 15.1. The summed E-state index contributed by atoms with van der Waals surface area (Å²) in [4.78, 5) is 4.89. The molecule has 0 aromatic heterocycles. The topological polar surface area (TPSA) is 6.48 Å². The van der Waals surface area contributed by atoms with E-state index in [9.17, 15) is 0 Å². The van der Waals surface area contributed by atoms with Gasteiger partial charge in [-0.25, -0.2) is 0 Å². The van der Waals surface area contributed by atoms with E-state index in [1.165, 1.54) is 83.1 Å². The fourth-order valence-electron chi connectivity index (χ4n) is 14.0. The Balaban J connectivity index is 0.854. The van der Waals surface area contributed by atoms with E-state index in [4.69, 9.17) is 0 Å². The summed E-state index contributed by atoms with van der Waals surface area (Å²) in [5, 5.41) is 2.37. The van der Waals surface area contributed by atoms with Gasteiger partial charge in [0.05, 0.1) is 16.5 Å². The Labute approximate surface area is 469 Å². The Bertz CT molecular complexity index is 4240. The van der Waals surface area contributed by atoms with Crippen molar-refractivity contribution in [3.05, 3.63) is 366 Å². The van der Waals surface area contributed by atoms with Crippen molar-refractivity contribution in [3.8, 4) is 22.3 Å². The van der Waals surface area contributed by atoms with Crippen molar-refractivity contribution in [1.29, 1.82) is 0 Å². The molecule has 0 fully saturated rings. The van der Waals surface area contributed by atoms with Crippen LogP contribution >= 0.6 is 0 Å². The van der Waals surface area contributed by atoms with Gasteiger partial charge >= 0.3 is 0 Å². The number of anilines is 6. The van der Waals surface area contributed by atoms with E-state index < -0.39 is 10.8 Å². The summed E-state index contributed by atoms with van der Waals surface area (Å²) in [6.45, 7) is 0. The van der Waals surface area contributed by atoms with Crippen LogP contribution in [0.15, 0.2) is 321 Å². The van der Waals surface area contributed by atoms with E-state index in [2.05, 4.69) is 325 Å². The molecule has 0 heterocycles. The van der Waals surface area contributed by atoms with Crippen LogP contribution in [-0.4, -0.2) is 0 Å². The third-order valence-corrected chi connectivity index (χ3v) is 17.3. The predicted octanol–water partition coefficient (Wildman–Crippen LogP) is 20.3. The molecule has 0 saturated carbocycles. The third-order valence-electron chi connectivity index (χ3n) is 17.3. The van der Waals surface area contributed by atoms with Crippen molar-refractivity contribution in [2.45, 2.75) is 23.7 Å². The lowest BCUT2D eigenvalue weighted by atomic mass is 9.65. The summed E-state index contributed by atoms with van der Waals surface area (Å²) in [6.07, 6.45) is 6.77. The zero-order valence-electron chi connectivity index (χ0n) is 44.3. The maximum Gasteiger partial charge on any atom is 0.0714 e. The van der Waals surface area contributed by atoms with Crippen LogP contribution in [0.4, 0.5) is 34.1 Å². The molecule has 0 N–H and O–H groups in total. The summed E-state index contributed by atoms with van der Waals surface area (Å²) in [6, 6.07) is 112. The Hall–Kier alpha value is -10.0. The predicted molar refractivity (Wildman–Crippen MR) is 334 cm³/mol. The smallest absolute Gasteiger partial charge is 0.0714 e. The number of hydrogen-bond acceptors (Lipinski definition) is 2. The lowest BCUT2D eigenvalue weighted by Crippen LogP contribution is -2.30. The average molecular weight is 1020 g/mol. The lowest BCUT2D eigenvalue weighted by Gasteiger charge is -2.37. The first-order chi connectivity index (χ1) is 39.7. The van der Waals surface area contributed by atoms with Crippen molar-refractivity contribution < 1.29 is 0 Å². The Morgan fingerprint density at radius 2 is 0.713 bits per heavy atom. The molecule has 0 aliphatic heterocycles. The van der Waals surface area contributed by atoms with Crippen molar-refractivity contribution in [1.82, 2.24) is 0 Å². The van der Waals surface area contributed by atoms with Gasteiger partial charge in [-0.05, 0) is 163 Å². The molecule has 2 heteroatoms. The normalized spacial score (nSPS) is 14.2. The van der Waals surface area contributed by atoms with E-state index in [0.29, 0.717) is 0 Å². The second kappa shape index (κ2) is 19.5. The van der Waals surface area contributed by atoms with Crippen LogP contribution < -0.4 is 9.80 Å². The molecular formula is C78H56N2. The second-order valence-electron chi connectivity index (χ2n) is 21.4. The monoisotopic (exact) mass is 1020 g/mol. The first-order valence-electron chi connectivity index (χ1n) is 28.1. The van der Waals surface area contributed by atoms with Gasteiger partial charge in [0.15, 0.2) is 0 Å².